The van der Waals surface area contributed by atoms with Gasteiger partial charge < -0.3 is 11.1 Å². The van der Waals surface area contributed by atoms with Crippen molar-refractivity contribution in [1.29, 1.82) is 0 Å². The Balaban J connectivity index is 2.14. The molecular weight excluding hydrogens is 253 g/mol. The molecule has 1 saturated carbocycles. The highest BCUT2D eigenvalue weighted by molar-refractivity contribution is 5.94. The van der Waals surface area contributed by atoms with Crippen LogP contribution in [0, 0.1) is 15.9 Å². The lowest BCUT2D eigenvalue weighted by atomic mass is 9.75. The highest BCUT2D eigenvalue weighted by Crippen LogP contribution is 2.33. The minimum atomic E-state index is -0.831. The van der Waals surface area contributed by atoms with E-state index in [2.05, 4.69) is 5.32 Å². The Morgan fingerprint density at radius 2 is 2.21 bits per heavy atom. The van der Waals surface area contributed by atoms with Gasteiger partial charge in [-0.15, -0.1) is 0 Å². The molecule has 0 spiro atoms. The van der Waals surface area contributed by atoms with Crippen LogP contribution in [0.25, 0.3) is 0 Å². The maximum absolute atomic E-state index is 13.5. The summed E-state index contributed by atoms with van der Waals surface area (Å²) < 4.78 is 13.5. The quantitative estimate of drug-likeness (QED) is 0.643. The molecule has 1 aromatic carbocycles. The van der Waals surface area contributed by atoms with Crippen molar-refractivity contribution in [3.63, 3.8) is 0 Å². The summed E-state index contributed by atoms with van der Waals surface area (Å²) in [5, 5.41) is 13.0. The van der Waals surface area contributed by atoms with Crippen molar-refractivity contribution >= 4 is 17.3 Å². The predicted octanol–water partition coefficient (Wildman–Crippen LogP) is 1.94. The molecule has 0 saturated heterocycles. The summed E-state index contributed by atoms with van der Waals surface area (Å²) in [5.74, 6) is -1.34. The van der Waals surface area contributed by atoms with E-state index < -0.39 is 33.6 Å². The minimum absolute atomic E-state index is 0.0402. The molecule has 0 heterocycles. The molecule has 1 fully saturated rings. The molecule has 0 aromatic heterocycles. The van der Waals surface area contributed by atoms with Gasteiger partial charge in [0.25, 0.3) is 5.69 Å². The summed E-state index contributed by atoms with van der Waals surface area (Å²) in [7, 11) is 0. The van der Waals surface area contributed by atoms with Crippen LogP contribution in [0.4, 0.5) is 15.8 Å². The van der Waals surface area contributed by atoms with Crippen LogP contribution in [0.15, 0.2) is 18.2 Å². The van der Waals surface area contributed by atoms with Crippen molar-refractivity contribution in [2.75, 3.05) is 5.32 Å². The summed E-state index contributed by atoms with van der Waals surface area (Å²) in [6.45, 7) is 0. The number of anilines is 1. The molecule has 2 rings (SSSR count). The zero-order valence-electron chi connectivity index (χ0n) is 10.2. The Bertz CT molecular complexity index is 529. The fourth-order valence-corrected chi connectivity index (χ4v) is 2.10. The second-order valence-corrected chi connectivity index (χ2v) is 4.83. The molecule has 0 aliphatic heterocycles. The van der Waals surface area contributed by atoms with Gasteiger partial charge in [-0.1, -0.05) is 6.07 Å². The highest BCUT2D eigenvalue weighted by Gasteiger charge is 2.35. The number of hydrogen-bond donors (Lipinski definition) is 2. The van der Waals surface area contributed by atoms with Gasteiger partial charge >= 0.3 is 0 Å². The van der Waals surface area contributed by atoms with Gasteiger partial charge in [-0.05, 0) is 25.3 Å². The number of benzene rings is 1. The third kappa shape index (κ3) is 2.87. The first-order valence-corrected chi connectivity index (χ1v) is 5.93. The van der Waals surface area contributed by atoms with Gasteiger partial charge in [-0.25, -0.2) is 4.39 Å². The normalized spacial score (nSPS) is 16.5. The van der Waals surface area contributed by atoms with E-state index in [1.165, 1.54) is 6.07 Å². The van der Waals surface area contributed by atoms with Crippen LogP contribution in [0.3, 0.4) is 0 Å². The Morgan fingerprint density at radius 1 is 1.53 bits per heavy atom. The van der Waals surface area contributed by atoms with Crippen LogP contribution in [0.2, 0.25) is 0 Å². The van der Waals surface area contributed by atoms with Crippen molar-refractivity contribution in [1.82, 2.24) is 0 Å². The first kappa shape index (κ1) is 13.4. The third-order valence-electron chi connectivity index (χ3n) is 3.31. The lowest BCUT2D eigenvalue weighted by Crippen LogP contribution is -2.49. The number of carbonyl (C=O) groups excluding carboxylic acids is 1. The molecule has 1 aliphatic rings. The molecule has 0 radical (unpaired) electrons. The van der Waals surface area contributed by atoms with Gasteiger partial charge in [0.15, 0.2) is 11.5 Å². The van der Waals surface area contributed by atoms with Crippen molar-refractivity contribution in [3.8, 4) is 0 Å². The molecular formula is C12H14FN3O3. The third-order valence-corrected chi connectivity index (χ3v) is 3.31. The van der Waals surface area contributed by atoms with Crippen LogP contribution in [-0.4, -0.2) is 16.4 Å². The van der Waals surface area contributed by atoms with E-state index in [-0.39, 0.29) is 6.42 Å². The largest absolute Gasteiger partial charge is 0.325 e. The summed E-state index contributed by atoms with van der Waals surface area (Å²) >= 11 is 0. The summed E-state index contributed by atoms with van der Waals surface area (Å²) in [6.07, 6.45) is 2.47. The number of carbonyl (C=O) groups is 1. The molecule has 19 heavy (non-hydrogen) atoms. The molecule has 3 N–H and O–H groups in total. The number of rotatable bonds is 4. The van der Waals surface area contributed by atoms with Crippen LogP contribution in [-0.2, 0) is 4.79 Å². The van der Waals surface area contributed by atoms with E-state index in [0.717, 1.165) is 31.4 Å². The molecule has 0 bridgehead atoms. The second-order valence-electron chi connectivity index (χ2n) is 4.83. The van der Waals surface area contributed by atoms with Gasteiger partial charge in [-0.2, -0.15) is 0 Å². The van der Waals surface area contributed by atoms with E-state index in [1.807, 2.05) is 0 Å². The number of nitrogens with two attached hydrogens (primary N) is 1. The van der Waals surface area contributed by atoms with E-state index in [9.17, 15) is 19.3 Å². The Hall–Kier alpha value is -2.02. The zero-order chi connectivity index (χ0) is 14.0. The molecule has 102 valence electrons. The molecule has 7 heteroatoms. The van der Waals surface area contributed by atoms with Gasteiger partial charge in [0.2, 0.25) is 5.91 Å². The molecule has 1 aromatic rings. The minimum Gasteiger partial charge on any atom is -0.325 e. The summed E-state index contributed by atoms with van der Waals surface area (Å²) in [6, 6.07) is 3.42. The van der Waals surface area contributed by atoms with Crippen molar-refractivity contribution < 1.29 is 14.1 Å². The smallest absolute Gasteiger partial charge is 0.295 e. The monoisotopic (exact) mass is 267 g/mol. The number of nitro groups is 1. The van der Waals surface area contributed by atoms with Gasteiger partial charge in [0.1, 0.15) is 0 Å². The Kier molecular flexibility index (Phi) is 3.48. The van der Waals surface area contributed by atoms with Crippen LogP contribution in [0.5, 0.6) is 0 Å². The first-order valence-electron chi connectivity index (χ1n) is 5.93. The van der Waals surface area contributed by atoms with Crippen LogP contribution in [0.1, 0.15) is 25.7 Å². The average molecular weight is 267 g/mol. The van der Waals surface area contributed by atoms with Crippen molar-refractivity contribution in [2.24, 2.45) is 5.73 Å². The van der Waals surface area contributed by atoms with Crippen molar-refractivity contribution in [2.45, 2.75) is 31.2 Å². The number of halogens is 1. The fraction of sp³-hybridized carbons (Fsp3) is 0.417. The number of nitro benzene ring substituents is 1. The number of hydrogen-bond acceptors (Lipinski definition) is 4. The molecule has 0 atom stereocenters. The second kappa shape index (κ2) is 4.93. The van der Waals surface area contributed by atoms with Gasteiger partial charge in [0.05, 0.1) is 4.92 Å². The lowest BCUT2D eigenvalue weighted by molar-refractivity contribution is -0.384. The predicted molar refractivity (Wildman–Crippen MR) is 67.1 cm³/mol. The molecule has 1 amide bonds. The summed E-state index contributed by atoms with van der Waals surface area (Å²) in [5.41, 5.74) is 4.49. The Morgan fingerprint density at radius 3 is 2.74 bits per heavy atom. The lowest BCUT2D eigenvalue weighted by Gasteiger charge is -2.37. The molecule has 6 nitrogen and oxygen atoms in total. The number of para-hydroxylation sites is 1. The SMILES string of the molecule is NC1(CC(=O)Nc2c(F)cccc2[N+](=O)[O-])CCC1. The highest BCUT2D eigenvalue weighted by atomic mass is 19.1. The van der Waals surface area contributed by atoms with E-state index >= 15 is 0 Å². The van der Waals surface area contributed by atoms with E-state index in [1.54, 1.807) is 0 Å². The van der Waals surface area contributed by atoms with E-state index in [4.69, 9.17) is 5.73 Å². The number of amides is 1. The van der Waals surface area contributed by atoms with Gasteiger partial charge in [-0.3, -0.25) is 14.9 Å². The molecule has 1 aliphatic carbocycles. The van der Waals surface area contributed by atoms with Crippen LogP contribution >= 0.6 is 0 Å². The van der Waals surface area contributed by atoms with Crippen molar-refractivity contribution in [3.05, 3.63) is 34.1 Å². The fourth-order valence-electron chi connectivity index (χ4n) is 2.10. The van der Waals surface area contributed by atoms with Crippen LogP contribution < -0.4 is 11.1 Å². The molecule has 0 unspecified atom stereocenters. The number of nitrogens with zero attached hydrogens (tertiary/aromatic N) is 1. The van der Waals surface area contributed by atoms with Gasteiger partial charge in [0, 0.05) is 18.0 Å². The first-order chi connectivity index (χ1) is 8.91. The average Bonchev–Trinajstić information content (AvgIpc) is 2.29. The standard InChI is InChI=1S/C12H14FN3O3/c13-8-3-1-4-9(16(18)19)11(8)15-10(17)7-12(14)5-2-6-12/h1,3-4H,2,5-7,14H2,(H,15,17). The van der Waals surface area contributed by atoms with E-state index in [0.29, 0.717) is 0 Å². The topological polar surface area (TPSA) is 98.3 Å². The Labute approximate surface area is 108 Å². The number of nitrogens with one attached hydrogen (secondary N) is 1. The zero-order valence-corrected chi connectivity index (χ0v) is 10.2. The summed E-state index contributed by atoms with van der Waals surface area (Å²) in [4.78, 5) is 21.8. The maximum atomic E-state index is 13.5. The maximum Gasteiger partial charge on any atom is 0.295 e.